The Morgan fingerprint density at radius 3 is 2.74 bits per heavy atom. The number of hydrogen-bond acceptors (Lipinski definition) is 5. The lowest BCUT2D eigenvalue weighted by atomic mass is 10.0. The molecular weight excluding hydrogens is 238 g/mol. The van der Waals surface area contributed by atoms with E-state index in [-0.39, 0.29) is 0 Å². The summed E-state index contributed by atoms with van der Waals surface area (Å²) in [6.45, 7) is 2.07. The minimum atomic E-state index is 0.398. The lowest BCUT2D eigenvalue weighted by Crippen LogP contribution is -2.49. The van der Waals surface area contributed by atoms with E-state index in [0.717, 1.165) is 31.9 Å². The van der Waals surface area contributed by atoms with Crippen molar-refractivity contribution in [3.63, 3.8) is 0 Å². The molecule has 2 heterocycles. The molecular formula is C14H23N5. The summed E-state index contributed by atoms with van der Waals surface area (Å²) >= 11 is 0. The van der Waals surface area contributed by atoms with Crippen molar-refractivity contribution in [1.82, 2.24) is 15.3 Å². The highest BCUT2D eigenvalue weighted by Crippen LogP contribution is 2.21. The molecule has 3 rings (SSSR count). The Bertz CT molecular complexity index is 396. The van der Waals surface area contributed by atoms with Gasteiger partial charge >= 0.3 is 0 Å². The van der Waals surface area contributed by atoms with Gasteiger partial charge in [-0.2, -0.15) is 0 Å². The number of rotatable bonds is 3. The molecule has 2 fully saturated rings. The molecule has 2 aliphatic rings. The summed E-state index contributed by atoms with van der Waals surface area (Å²) < 4.78 is 0. The number of aromatic nitrogens is 2. The SMILES string of the molecule is NC1CCC(NC2CCCN(c3ncccn3)C2)C1. The number of nitrogens with two attached hydrogens (primary N) is 1. The molecule has 3 unspecified atom stereocenters. The number of piperidine rings is 1. The van der Waals surface area contributed by atoms with Crippen LogP contribution in [0, 0.1) is 0 Å². The van der Waals surface area contributed by atoms with Gasteiger partial charge in [0.15, 0.2) is 0 Å². The zero-order valence-corrected chi connectivity index (χ0v) is 11.3. The smallest absolute Gasteiger partial charge is 0.225 e. The van der Waals surface area contributed by atoms with E-state index >= 15 is 0 Å². The summed E-state index contributed by atoms with van der Waals surface area (Å²) in [4.78, 5) is 11.0. The first-order chi connectivity index (χ1) is 9.31. The van der Waals surface area contributed by atoms with Crippen LogP contribution in [0.15, 0.2) is 18.5 Å². The zero-order chi connectivity index (χ0) is 13.1. The fourth-order valence-corrected chi connectivity index (χ4v) is 3.25. The lowest BCUT2D eigenvalue weighted by Gasteiger charge is -2.34. The summed E-state index contributed by atoms with van der Waals surface area (Å²) in [5.41, 5.74) is 5.98. The molecule has 1 saturated heterocycles. The van der Waals surface area contributed by atoms with E-state index in [2.05, 4.69) is 20.2 Å². The van der Waals surface area contributed by atoms with Crippen LogP contribution < -0.4 is 16.0 Å². The van der Waals surface area contributed by atoms with Crippen LogP contribution in [-0.4, -0.2) is 41.2 Å². The van der Waals surface area contributed by atoms with Crippen molar-refractivity contribution in [3.8, 4) is 0 Å². The van der Waals surface area contributed by atoms with Crippen molar-refractivity contribution in [3.05, 3.63) is 18.5 Å². The summed E-state index contributed by atoms with van der Waals surface area (Å²) in [6.07, 6.45) is 9.59. The normalized spacial score (nSPS) is 31.6. The van der Waals surface area contributed by atoms with Gasteiger partial charge in [0.1, 0.15) is 0 Å². The van der Waals surface area contributed by atoms with E-state index in [4.69, 9.17) is 5.73 Å². The van der Waals surface area contributed by atoms with Crippen LogP contribution in [0.3, 0.4) is 0 Å². The van der Waals surface area contributed by atoms with Crippen molar-refractivity contribution in [1.29, 1.82) is 0 Å². The first-order valence-electron chi connectivity index (χ1n) is 7.35. The summed E-state index contributed by atoms with van der Waals surface area (Å²) in [6, 6.07) is 3.42. The largest absolute Gasteiger partial charge is 0.339 e. The van der Waals surface area contributed by atoms with Gasteiger partial charge in [-0.1, -0.05) is 0 Å². The Morgan fingerprint density at radius 1 is 1.16 bits per heavy atom. The molecule has 0 radical (unpaired) electrons. The fourth-order valence-electron chi connectivity index (χ4n) is 3.25. The molecule has 3 atom stereocenters. The van der Waals surface area contributed by atoms with Crippen LogP contribution in [0.2, 0.25) is 0 Å². The van der Waals surface area contributed by atoms with Crippen molar-refractivity contribution < 1.29 is 0 Å². The third-order valence-corrected chi connectivity index (χ3v) is 4.20. The van der Waals surface area contributed by atoms with Crippen LogP contribution in [0.4, 0.5) is 5.95 Å². The van der Waals surface area contributed by atoms with Crippen LogP contribution in [0.5, 0.6) is 0 Å². The second-order valence-electron chi connectivity index (χ2n) is 5.77. The predicted molar refractivity (Wildman–Crippen MR) is 76.0 cm³/mol. The molecule has 5 heteroatoms. The Labute approximate surface area is 114 Å². The van der Waals surface area contributed by atoms with E-state index in [1.807, 2.05) is 18.5 Å². The van der Waals surface area contributed by atoms with Gasteiger partial charge < -0.3 is 16.0 Å². The van der Waals surface area contributed by atoms with Crippen molar-refractivity contribution >= 4 is 5.95 Å². The second kappa shape index (κ2) is 5.84. The van der Waals surface area contributed by atoms with Gasteiger partial charge in [-0.15, -0.1) is 0 Å². The molecule has 3 N–H and O–H groups in total. The number of hydrogen-bond donors (Lipinski definition) is 2. The Hall–Kier alpha value is -1.20. The van der Waals surface area contributed by atoms with E-state index < -0.39 is 0 Å². The Balaban J connectivity index is 1.56. The first kappa shape index (κ1) is 12.8. The topological polar surface area (TPSA) is 67.1 Å². The highest BCUT2D eigenvalue weighted by Gasteiger charge is 2.27. The molecule has 0 amide bonds. The van der Waals surface area contributed by atoms with Crippen LogP contribution in [-0.2, 0) is 0 Å². The molecule has 104 valence electrons. The quantitative estimate of drug-likeness (QED) is 0.847. The van der Waals surface area contributed by atoms with Crippen LogP contribution in [0.25, 0.3) is 0 Å². The van der Waals surface area contributed by atoms with Gasteiger partial charge in [-0.25, -0.2) is 9.97 Å². The summed E-state index contributed by atoms with van der Waals surface area (Å²) in [5, 5.41) is 3.77. The van der Waals surface area contributed by atoms with Gasteiger partial charge in [-0.3, -0.25) is 0 Å². The molecule has 0 spiro atoms. The third-order valence-electron chi connectivity index (χ3n) is 4.20. The van der Waals surface area contributed by atoms with Crippen molar-refractivity contribution in [2.24, 2.45) is 5.73 Å². The second-order valence-corrected chi connectivity index (χ2v) is 5.77. The van der Waals surface area contributed by atoms with Gasteiger partial charge in [-0.05, 0) is 38.2 Å². The highest BCUT2D eigenvalue weighted by atomic mass is 15.3. The summed E-state index contributed by atoms with van der Waals surface area (Å²) in [5.74, 6) is 0.858. The number of nitrogens with zero attached hydrogens (tertiary/aromatic N) is 3. The Morgan fingerprint density at radius 2 is 2.00 bits per heavy atom. The molecule has 1 aromatic heterocycles. The molecule has 1 aliphatic carbocycles. The molecule has 0 bridgehead atoms. The van der Waals surface area contributed by atoms with Gasteiger partial charge in [0.25, 0.3) is 0 Å². The molecule has 19 heavy (non-hydrogen) atoms. The molecule has 1 saturated carbocycles. The van der Waals surface area contributed by atoms with Gasteiger partial charge in [0.05, 0.1) is 0 Å². The fraction of sp³-hybridized carbons (Fsp3) is 0.714. The third kappa shape index (κ3) is 3.22. The van der Waals surface area contributed by atoms with Gasteiger partial charge in [0.2, 0.25) is 5.95 Å². The van der Waals surface area contributed by atoms with E-state index in [9.17, 15) is 0 Å². The van der Waals surface area contributed by atoms with Crippen LogP contribution >= 0.6 is 0 Å². The van der Waals surface area contributed by atoms with E-state index in [1.54, 1.807) is 0 Å². The van der Waals surface area contributed by atoms with E-state index in [1.165, 1.54) is 19.3 Å². The Kier molecular flexibility index (Phi) is 3.94. The van der Waals surface area contributed by atoms with Crippen LogP contribution in [0.1, 0.15) is 32.1 Å². The van der Waals surface area contributed by atoms with Crippen molar-refractivity contribution in [2.75, 3.05) is 18.0 Å². The minimum absolute atomic E-state index is 0.398. The standard InChI is InChI=1S/C14H23N5/c15-11-4-5-12(9-11)18-13-3-1-8-19(10-13)14-16-6-2-7-17-14/h2,6-7,11-13,18H,1,3-5,8-10,15H2. The summed E-state index contributed by atoms with van der Waals surface area (Å²) in [7, 11) is 0. The molecule has 5 nitrogen and oxygen atoms in total. The molecule has 1 aromatic rings. The van der Waals surface area contributed by atoms with Gasteiger partial charge in [0, 0.05) is 43.6 Å². The number of anilines is 1. The highest BCUT2D eigenvalue weighted by molar-refractivity contribution is 5.29. The molecule has 0 aromatic carbocycles. The van der Waals surface area contributed by atoms with E-state index in [0.29, 0.717) is 18.1 Å². The molecule has 1 aliphatic heterocycles. The average molecular weight is 261 g/mol. The maximum atomic E-state index is 5.98. The minimum Gasteiger partial charge on any atom is -0.339 e. The predicted octanol–water partition coefficient (Wildman–Crippen LogP) is 0.915. The zero-order valence-electron chi connectivity index (χ0n) is 11.3. The first-order valence-corrected chi connectivity index (χ1v) is 7.35. The monoisotopic (exact) mass is 261 g/mol. The lowest BCUT2D eigenvalue weighted by molar-refractivity contribution is 0.371. The number of nitrogens with one attached hydrogen (secondary N) is 1. The maximum absolute atomic E-state index is 5.98. The maximum Gasteiger partial charge on any atom is 0.225 e. The van der Waals surface area contributed by atoms with Crippen molar-refractivity contribution in [2.45, 2.75) is 50.2 Å². The average Bonchev–Trinajstić information content (AvgIpc) is 2.85.